The molecule has 0 N–H and O–H groups in total. The van der Waals surface area contributed by atoms with Gasteiger partial charge in [-0.1, -0.05) is 41.4 Å². The summed E-state index contributed by atoms with van der Waals surface area (Å²) >= 11 is 12.4. The van der Waals surface area contributed by atoms with E-state index in [9.17, 15) is 0 Å². The Morgan fingerprint density at radius 1 is 0.926 bits per heavy atom. The number of methoxy groups -OCH3 is 1. The summed E-state index contributed by atoms with van der Waals surface area (Å²) in [6.45, 7) is 0. The van der Waals surface area contributed by atoms with Gasteiger partial charge in [-0.05, 0) is 60.2 Å². The molecule has 3 aromatic carbocycles. The minimum Gasteiger partial charge on any atom is -0.497 e. The molecule has 1 unspecified atom stereocenters. The van der Waals surface area contributed by atoms with Gasteiger partial charge in [-0.2, -0.15) is 0 Å². The van der Waals surface area contributed by atoms with Crippen LogP contribution in [0.5, 0.6) is 5.75 Å². The predicted octanol–water partition coefficient (Wildman–Crippen LogP) is 6.68. The molecule has 0 bridgehead atoms. The lowest BCUT2D eigenvalue weighted by Crippen LogP contribution is -2.46. The largest absolute Gasteiger partial charge is 0.497 e. The number of rotatable bonds is 4. The number of ether oxygens (including phenoxy) is 1. The van der Waals surface area contributed by atoms with E-state index in [-0.39, 0.29) is 6.04 Å². The topological polar surface area (TPSA) is 24.8 Å². The molecule has 0 spiro atoms. The molecule has 1 heterocycles. The van der Waals surface area contributed by atoms with Gasteiger partial charge in [-0.15, -0.1) is 0 Å². The summed E-state index contributed by atoms with van der Waals surface area (Å²) in [5.74, 6) is 1.83. The lowest BCUT2D eigenvalue weighted by atomic mass is 9.92. The number of benzene rings is 3. The molecule has 1 aliphatic rings. The van der Waals surface area contributed by atoms with Crippen LogP contribution in [0.4, 0.5) is 11.4 Å². The van der Waals surface area contributed by atoms with E-state index in [0.717, 1.165) is 34.9 Å². The Hall–Kier alpha value is -2.49. The Morgan fingerprint density at radius 2 is 1.59 bits per heavy atom. The molecule has 0 saturated carbocycles. The molecule has 0 amide bonds. The Bertz CT molecular complexity index is 951. The smallest absolute Gasteiger partial charge is 0.119 e. The van der Waals surface area contributed by atoms with Gasteiger partial charge in [-0.25, -0.2) is 4.99 Å². The van der Waals surface area contributed by atoms with Crippen molar-refractivity contribution in [3.05, 3.63) is 88.4 Å². The average Bonchev–Trinajstić information content (AvgIpc) is 2.65. The van der Waals surface area contributed by atoms with E-state index in [1.54, 1.807) is 13.2 Å². The van der Waals surface area contributed by atoms with Crippen molar-refractivity contribution in [3.63, 3.8) is 0 Å². The van der Waals surface area contributed by atoms with Crippen molar-refractivity contribution in [3.8, 4) is 5.75 Å². The van der Waals surface area contributed by atoms with E-state index in [0.29, 0.717) is 10.0 Å². The number of para-hydroxylation sites is 1. The highest BCUT2D eigenvalue weighted by atomic mass is 35.5. The molecular weight excluding hydrogens is 379 g/mol. The SMILES string of the molecule is COc1ccc(N2/C(=N/c3ccccc3)CC2c2cc(Cl)cc(Cl)c2)cc1. The van der Waals surface area contributed by atoms with Crippen LogP contribution in [0.15, 0.2) is 77.8 Å². The molecule has 1 atom stereocenters. The summed E-state index contributed by atoms with van der Waals surface area (Å²) in [6, 6.07) is 23.8. The number of anilines is 1. The van der Waals surface area contributed by atoms with E-state index in [1.165, 1.54) is 0 Å². The zero-order valence-corrected chi connectivity index (χ0v) is 16.3. The van der Waals surface area contributed by atoms with Gasteiger partial charge < -0.3 is 9.64 Å². The second kappa shape index (κ2) is 7.63. The number of hydrogen-bond acceptors (Lipinski definition) is 2. The molecule has 1 fully saturated rings. The zero-order valence-electron chi connectivity index (χ0n) is 14.8. The van der Waals surface area contributed by atoms with Crippen molar-refractivity contribution in [2.45, 2.75) is 12.5 Å². The molecule has 5 heteroatoms. The molecule has 3 nitrogen and oxygen atoms in total. The standard InChI is InChI=1S/C22H18Cl2N2O/c1-27-20-9-7-19(8-10-20)26-21(15-11-16(23)13-17(24)12-15)14-22(26)25-18-5-3-2-4-6-18/h2-13,21H,14H2,1H3/b25-22+. The molecule has 1 aliphatic heterocycles. The highest BCUT2D eigenvalue weighted by Crippen LogP contribution is 2.42. The Morgan fingerprint density at radius 3 is 2.22 bits per heavy atom. The summed E-state index contributed by atoms with van der Waals surface area (Å²) in [4.78, 5) is 7.05. The second-order valence-corrected chi connectivity index (χ2v) is 7.23. The Balaban J connectivity index is 1.72. The number of aliphatic imine (C=N–C) groups is 1. The van der Waals surface area contributed by atoms with Crippen LogP contribution in [0.2, 0.25) is 10.0 Å². The highest BCUT2D eigenvalue weighted by molar-refractivity contribution is 6.34. The average molecular weight is 397 g/mol. The molecule has 1 saturated heterocycles. The Labute approximate surface area is 168 Å². The summed E-state index contributed by atoms with van der Waals surface area (Å²) in [5.41, 5.74) is 3.07. The van der Waals surface area contributed by atoms with Gasteiger partial charge in [0.05, 0.1) is 18.8 Å². The zero-order chi connectivity index (χ0) is 18.8. The quantitative estimate of drug-likeness (QED) is 0.490. The fraction of sp³-hybridized carbons (Fsp3) is 0.136. The van der Waals surface area contributed by atoms with Crippen molar-refractivity contribution in [2.24, 2.45) is 4.99 Å². The van der Waals surface area contributed by atoms with Crippen LogP contribution in [-0.2, 0) is 0 Å². The van der Waals surface area contributed by atoms with E-state index in [4.69, 9.17) is 32.9 Å². The fourth-order valence-corrected chi connectivity index (χ4v) is 3.83. The number of hydrogen-bond donors (Lipinski definition) is 0. The van der Waals surface area contributed by atoms with Crippen molar-refractivity contribution in [2.75, 3.05) is 12.0 Å². The fourth-order valence-electron chi connectivity index (χ4n) is 3.29. The van der Waals surface area contributed by atoms with Crippen molar-refractivity contribution >= 4 is 40.4 Å². The number of amidine groups is 1. The Kier molecular flexibility index (Phi) is 5.06. The third-order valence-electron chi connectivity index (χ3n) is 4.60. The summed E-state index contributed by atoms with van der Waals surface area (Å²) in [5, 5.41) is 1.28. The van der Waals surface area contributed by atoms with Crippen LogP contribution in [0, 0.1) is 0 Å². The minimum absolute atomic E-state index is 0.136. The normalized spacial score (nSPS) is 17.7. The van der Waals surface area contributed by atoms with Crippen LogP contribution in [0.1, 0.15) is 18.0 Å². The second-order valence-electron chi connectivity index (χ2n) is 6.35. The summed E-state index contributed by atoms with van der Waals surface area (Å²) in [7, 11) is 1.66. The van der Waals surface area contributed by atoms with Gasteiger partial charge in [0.1, 0.15) is 11.6 Å². The maximum atomic E-state index is 6.22. The molecule has 0 aliphatic carbocycles. The van der Waals surface area contributed by atoms with Gasteiger partial charge in [0.15, 0.2) is 0 Å². The first-order chi connectivity index (χ1) is 13.1. The first-order valence-corrected chi connectivity index (χ1v) is 9.41. The van der Waals surface area contributed by atoms with E-state index >= 15 is 0 Å². The van der Waals surface area contributed by atoms with Gasteiger partial charge in [-0.3, -0.25) is 0 Å². The number of halogens is 2. The maximum Gasteiger partial charge on any atom is 0.119 e. The predicted molar refractivity (Wildman–Crippen MR) is 113 cm³/mol. The summed E-state index contributed by atoms with van der Waals surface area (Å²) < 4.78 is 5.28. The number of nitrogens with zero attached hydrogens (tertiary/aromatic N) is 2. The molecule has 27 heavy (non-hydrogen) atoms. The van der Waals surface area contributed by atoms with Crippen LogP contribution < -0.4 is 9.64 Å². The van der Waals surface area contributed by atoms with Crippen molar-refractivity contribution < 1.29 is 4.74 Å². The van der Waals surface area contributed by atoms with Crippen LogP contribution in [0.3, 0.4) is 0 Å². The molecular formula is C22H18Cl2N2O. The molecule has 0 aromatic heterocycles. The van der Waals surface area contributed by atoms with Gasteiger partial charge >= 0.3 is 0 Å². The minimum atomic E-state index is 0.136. The molecule has 136 valence electrons. The maximum absolute atomic E-state index is 6.22. The van der Waals surface area contributed by atoms with Crippen molar-refractivity contribution in [1.29, 1.82) is 0 Å². The lowest BCUT2D eigenvalue weighted by Gasteiger charge is -2.44. The van der Waals surface area contributed by atoms with E-state index < -0.39 is 0 Å². The van der Waals surface area contributed by atoms with Crippen LogP contribution in [0.25, 0.3) is 0 Å². The first-order valence-electron chi connectivity index (χ1n) is 8.66. The van der Waals surface area contributed by atoms with Gasteiger partial charge in [0.2, 0.25) is 0 Å². The monoisotopic (exact) mass is 396 g/mol. The third-order valence-corrected chi connectivity index (χ3v) is 5.04. The van der Waals surface area contributed by atoms with E-state index in [2.05, 4.69) is 4.90 Å². The van der Waals surface area contributed by atoms with Crippen LogP contribution >= 0.6 is 23.2 Å². The highest BCUT2D eigenvalue weighted by Gasteiger charge is 2.36. The van der Waals surface area contributed by atoms with Crippen LogP contribution in [-0.4, -0.2) is 12.9 Å². The molecule has 4 rings (SSSR count). The van der Waals surface area contributed by atoms with Crippen molar-refractivity contribution in [1.82, 2.24) is 0 Å². The molecule has 3 aromatic rings. The first kappa shape index (κ1) is 17.9. The van der Waals surface area contributed by atoms with E-state index in [1.807, 2.05) is 66.7 Å². The molecule has 0 radical (unpaired) electrons. The lowest BCUT2D eigenvalue weighted by molar-refractivity contribution is 0.415. The van der Waals surface area contributed by atoms with Gasteiger partial charge in [0.25, 0.3) is 0 Å². The summed E-state index contributed by atoms with van der Waals surface area (Å²) in [6.07, 6.45) is 0.817. The van der Waals surface area contributed by atoms with Gasteiger partial charge in [0, 0.05) is 22.2 Å². The third kappa shape index (κ3) is 3.80.